The Balaban J connectivity index is 2.78. The van der Waals surface area contributed by atoms with Crippen LogP contribution < -0.4 is 4.90 Å². The van der Waals surface area contributed by atoms with Gasteiger partial charge in [0.1, 0.15) is 5.82 Å². The molecule has 1 aromatic rings. The molecule has 0 atom stereocenters. The Bertz CT molecular complexity index is 385. The van der Waals surface area contributed by atoms with Gasteiger partial charge in [-0.3, -0.25) is 9.69 Å². The summed E-state index contributed by atoms with van der Waals surface area (Å²) in [5, 5.41) is 0. The Kier molecular flexibility index (Phi) is 4.08. The van der Waals surface area contributed by atoms with Crippen molar-refractivity contribution in [3.63, 3.8) is 0 Å². The summed E-state index contributed by atoms with van der Waals surface area (Å²) >= 11 is 3.36. The molecule has 0 saturated carbocycles. The van der Waals surface area contributed by atoms with Crippen molar-refractivity contribution < 1.29 is 4.79 Å². The Hall–Kier alpha value is -0.900. The molecular formula is C12H17BrN2O. The van der Waals surface area contributed by atoms with Crippen LogP contribution in [0.4, 0.5) is 5.82 Å². The van der Waals surface area contributed by atoms with Gasteiger partial charge in [0.2, 0.25) is 5.91 Å². The number of carbonyl (C=O) groups excluding carboxylic acids is 1. The van der Waals surface area contributed by atoms with Crippen molar-refractivity contribution in [2.24, 2.45) is 5.41 Å². The van der Waals surface area contributed by atoms with Crippen molar-refractivity contribution in [1.29, 1.82) is 0 Å². The van der Waals surface area contributed by atoms with Gasteiger partial charge in [0, 0.05) is 24.1 Å². The van der Waals surface area contributed by atoms with Gasteiger partial charge in [0.05, 0.1) is 0 Å². The van der Waals surface area contributed by atoms with Gasteiger partial charge in [-0.1, -0.05) is 36.7 Å². The molecule has 0 unspecified atom stereocenters. The van der Waals surface area contributed by atoms with Crippen LogP contribution in [0.2, 0.25) is 0 Å². The molecule has 0 aromatic carbocycles. The van der Waals surface area contributed by atoms with Crippen molar-refractivity contribution in [3.8, 4) is 0 Å². The monoisotopic (exact) mass is 284 g/mol. The molecule has 0 saturated heterocycles. The highest BCUT2D eigenvalue weighted by molar-refractivity contribution is 9.10. The van der Waals surface area contributed by atoms with Crippen LogP contribution in [0.5, 0.6) is 0 Å². The fraction of sp³-hybridized carbons (Fsp3) is 0.500. The molecule has 1 amide bonds. The van der Waals surface area contributed by atoms with Crippen molar-refractivity contribution in [3.05, 3.63) is 22.8 Å². The predicted molar refractivity (Wildman–Crippen MR) is 69.4 cm³/mol. The smallest absolute Gasteiger partial charge is 0.228 e. The molecular weight excluding hydrogens is 268 g/mol. The molecule has 1 rings (SSSR count). The zero-order chi connectivity index (χ0) is 12.3. The summed E-state index contributed by atoms with van der Waals surface area (Å²) < 4.78 is 0.924. The summed E-state index contributed by atoms with van der Waals surface area (Å²) in [6, 6.07) is 3.67. The van der Waals surface area contributed by atoms with E-state index in [-0.39, 0.29) is 11.3 Å². The summed E-state index contributed by atoms with van der Waals surface area (Å²) in [7, 11) is 1.75. The molecule has 0 N–H and O–H groups in total. The second-order valence-corrected chi connectivity index (χ2v) is 5.94. The number of rotatable bonds is 2. The van der Waals surface area contributed by atoms with Gasteiger partial charge in [-0.25, -0.2) is 4.98 Å². The lowest BCUT2D eigenvalue weighted by Gasteiger charge is -2.22. The number of nitrogens with zero attached hydrogens (tertiary/aromatic N) is 2. The number of amides is 1. The highest BCUT2D eigenvalue weighted by Crippen LogP contribution is 2.22. The fourth-order valence-corrected chi connectivity index (χ4v) is 1.60. The van der Waals surface area contributed by atoms with Crippen LogP contribution in [-0.4, -0.2) is 17.9 Å². The Morgan fingerprint density at radius 1 is 1.50 bits per heavy atom. The number of hydrogen-bond donors (Lipinski definition) is 0. The van der Waals surface area contributed by atoms with Gasteiger partial charge < -0.3 is 0 Å². The minimum absolute atomic E-state index is 0.00262. The average molecular weight is 285 g/mol. The van der Waals surface area contributed by atoms with E-state index in [2.05, 4.69) is 20.9 Å². The minimum atomic E-state index is -0.00262. The number of hydrogen-bond acceptors (Lipinski definition) is 2. The van der Waals surface area contributed by atoms with E-state index in [1.165, 1.54) is 0 Å². The number of aromatic nitrogens is 1. The van der Waals surface area contributed by atoms with E-state index < -0.39 is 0 Å². The molecule has 4 heteroatoms. The lowest BCUT2D eigenvalue weighted by atomic mass is 9.92. The molecule has 16 heavy (non-hydrogen) atoms. The van der Waals surface area contributed by atoms with Gasteiger partial charge in [0.15, 0.2) is 0 Å². The minimum Gasteiger partial charge on any atom is -0.300 e. The summed E-state index contributed by atoms with van der Waals surface area (Å²) in [5.74, 6) is 0.752. The average Bonchev–Trinajstić information content (AvgIpc) is 2.14. The Morgan fingerprint density at radius 3 is 2.62 bits per heavy atom. The third-order valence-corrected chi connectivity index (χ3v) is 2.60. The van der Waals surface area contributed by atoms with Gasteiger partial charge in [0.25, 0.3) is 0 Å². The van der Waals surface area contributed by atoms with E-state index in [9.17, 15) is 4.79 Å². The SMILES string of the molecule is CN(C(=O)CC(C)(C)C)c1cc(Br)ccn1. The number of carbonyl (C=O) groups is 1. The maximum atomic E-state index is 11.9. The highest BCUT2D eigenvalue weighted by Gasteiger charge is 2.20. The highest BCUT2D eigenvalue weighted by atomic mass is 79.9. The van der Waals surface area contributed by atoms with Crippen molar-refractivity contribution in [1.82, 2.24) is 4.98 Å². The Labute approximate surface area is 105 Å². The lowest BCUT2D eigenvalue weighted by molar-refractivity contribution is -0.120. The third kappa shape index (κ3) is 3.93. The van der Waals surface area contributed by atoms with Crippen LogP contribution in [0.3, 0.4) is 0 Å². The molecule has 1 heterocycles. The molecule has 3 nitrogen and oxygen atoms in total. The van der Waals surface area contributed by atoms with Crippen LogP contribution >= 0.6 is 15.9 Å². The van der Waals surface area contributed by atoms with E-state index in [4.69, 9.17) is 0 Å². The lowest BCUT2D eigenvalue weighted by Crippen LogP contribution is -2.30. The van der Waals surface area contributed by atoms with Crippen LogP contribution in [0.25, 0.3) is 0 Å². The Morgan fingerprint density at radius 2 is 2.12 bits per heavy atom. The standard InChI is InChI=1S/C12H17BrN2O/c1-12(2,3)8-11(16)15(4)10-7-9(13)5-6-14-10/h5-7H,8H2,1-4H3. The van der Waals surface area contributed by atoms with Gasteiger partial charge in [-0.2, -0.15) is 0 Å². The molecule has 0 radical (unpaired) electrons. The van der Waals surface area contributed by atoms with E-state index in [1.54, 1.807) is 18.1 Å². The van der Waals surface area contributed by atoms with Crippen LogP contribution in [-0.2, 0) is 4.79 Å². The maximum absolute atomic E-state index is 11.9. The first-order valence-corrected chi connectivity index (χ1v) is 5.97. The van der Waals surface area contributed by atoms with Gasteiger partial charge >= 0.3 is 0 Å². The maximum Gasteiger partial charge on any atom is 0.228 e. The van der Waals surface area contributed by atoms with Gasteiger partial charge in [-0.15, -0.1) is 0 Å². The predicted octanol–water partition coefficient (Wildman–Crippen LogP) is 3.24. The third-order valence-electron chi connectivity index (χ3n) is 2.11. The van der Waals surface area contributed by atoms with Crippen molar-refractivity contribution in [2.75, 3.05) is 11.9 Å². The quantitative estimate of drug-likeness (QED) is 0.835. The molecule has 0 aliphatic carbocycles. The number of anilines is 1. The summed E-state index contributed by atoms with van der Waals surface area (Å²) in [6.45, 7) is 6.15. The number of pyridine rings is 1. The largest absolute Gasteiger partial charge is 0.300 e. The zero-order valence-corrected chi connectivity index (χ0v) is 11.7. The second-order valence-electron chi connectivity index (χ2n) is 5.02. The molecule has 0 aliphatic rings. The topological polar surface area (TPSA) is 33.2 Å². The molecule has 0 spiro atoms. The van der Waals surface area contributed by atoms with Crippen LogP contribution in [0.15, 0.2) is 22.8 Å². The molecule has 0 bridgehead atoms. The van der Waals surface area contributed by atoms with Crippen molar-refractivity contribution >= 4 is 27.7 Å². The van der Waals surface area contributed by atoms with E-state index in [1.807, 2.05) is 32.9 Å². The van der Waals surface area contributed by atoms with Crippen LogP contribution in [0.1, 0.15) is 27.2 Å². The van der Waals surface area contributed by atoms with Crippen LogP contribution in [0, 0.1) is 5.41 Å². The van der Waals surface area contributed by atoms with E-state index >= 15 is 0 Å². The zero-order valence-electron chi connectivity index (χ0n) is 10.1. The number of halogens is 1. The summed E-state index contributed by atoms with van der Waals surface area (Å²) in [6.07, 6.45) is 2.19. The first kappa shape index (κ1) is 13.2. The van der Waals surface area contributed by atoms with E-state index in [0.717, 1.165) is 4.47 Å². The van der Waals surface area contributed by atoms with Crippen molar-refractivity contribution in [2.45, 2.75) is 27.2 Å². The first-order valence-electron chi connectivity index (χ1n) is 5.18. The normalized spacial score (nSPS) is 11.3. The molecule has 0 fully saturated rings. The summed E-state index contributed by atoms with van der Waals surface area (Å²) in [5.41, 5.74) is -0.00262. The first-order chi connectivity index (χ1) is 7.29. The second kappa shape index (κ2) is 4.95. The van der Waals surface area contributed by atoms with E-state index in [0.29, 0.717) is 12.2 Å². The van der Waals surface area contributed by atoms with Gasteiger partial charge in [-0.05, 0) is 17.5 Å². The fourth-order valence-electron chi connectivity index (χ4n) is 1.28. The molecule has 88 valence electrons. The molecule has 1 aromatic heterocycles. The molecule has 0 aliphatic heterocycles. The summed E-state index contributed by atoms with van der Waals surface area (Å²) in [4.78, 5) is 17.7.